The van der Waals surface area contributed by atoms with Crippen LogP contribution >= 0.6 is 11.3 Å². The molecule has 0 spiro atoms. The van der Waals surface area contributed by atoms with E-state index in [1.54, 1.807) is 0 Å². The molecule has 12 rings (SSSR count). The Hall–Kier alpha value is -6.29. The van der Waals surface area contributed by atoms with Gasteiger partial charge in [0.05, 0.1) is 27.8 Å². The van der Waals surface area contributed by atoms with Crippen LogP contribution in [0, 0.1) is 0 Å². The van der Waals surface area contributed by atoms with E-state index in [2.05, 4.69) is 162 Å². The number of benzene rings is 8. The lowest BCUT2D eigenvalue weighted by atomic mass is 9.94. The summed E-state index contributed by atoms with van der Waals surface area (Å²) in [4.78, 5) is 5.31. The Morgan fingerprint density at radius 3 is 1.84 bits per heavy atom. The maximum absolute atomic E-state index is 5.31. The van der Waals surface area contributed by atoms with E-state index in [1.807, 2.05) is 11.3 Å². The number of thiophene rings is 1. The lowest BCUT2D eigenvalue weighted by Crippen LogP contribution is -1.90. The molecular formula is C47H26N2S. The van der Waals surface area contributed by atoms with Crippen LogP contribution in [0.2, 0.25) is 0 Å². The molecule has 4 aromatic heterocycles. The minimum atomic E-state index is 1.02. The van der Waals surface area contributed by atoms with E-state index in [-0.39, 0.29) is 0 Å². The molecule has 0 N–H and O–H groups in total. The zero-order valence-electron chi connectivity index (χ0n) is 26.8. The van der Waals surface area contributed by atoms with Gasteiger partial charge < -0.3 is 4.40 Å². The van der Waals surface area contributed by atoms with Crippen LogP contribution in [0.15, 0.2) is 158 Å². The van der Waals surface area contributed by atoms with Crippen LogP contribution in [0.5, 0.6) is 0 Å². The summed E-state index contributed by atoms with van der Waals surface area (Å²) in [6.45, 7) is 0. The van der Waals surface area contributed by atoms with Gasteiger partial charge in [-0.2, -0.15) is 0 Å². The number of hydrogen-bond donors (Lipinski definition) is 0. The van der Waals surface area contributed by atoms with Crippen molar-refractivity contribution < 1.29 is 0 Å². The van der Waals surface area contributed by atoms with Crippen molar-refractivity contribution in [2.24, 2.45) is 0 Å². The Morgan fingerprint density at radius 2 is 1.04 bits per heavy atom. The van der Waals surface area contributed by atoms with E-state index in [0.717, 1.165) is 16.8 Å². The average molecular weight is 651 g/mol. The fourth-order valence-electron chi connectivity index (χ4n) is 8.66. The van der Waals surface area contributed by atoms with E-state index in [4.69, 9.17) is 4.98 Å². The lowest BCUT2D eigenvalue weighted by molar-refractivity contribution is 1.37. The molecule has 0 amide bonds. The van der Waals surface area contributed by atoms with Crippen LogP contribution < -0.4 is 0 Å². The van der Waals surface area contributed by atoms with Gasteiger partial charge in [-0.25, -0.2) is 4.98 Å². The zero-order chi connectivity index (χ0) is 32.5. The number of rotatable bonds is 2. The Kier molecular flexibility index (Phi) is 5.15. The monoisotopic (exact) mass is 650 g/mol. The van der Waals surface area contributed by atoms with E-state index in [1.165, 1.54) is 96.3 Å². The Morgan fingerprint density at radius 1 is 0.400 bits per heavy atom. The molecule has 50 heavy (non-hydrogen) atoms. The number of para-hydroxylation sites is 3. The molecule has 0 radical (unpaired) electrons. The molecule has 0 aliphatic carbocycles. The molecule has 0 saturated carbocycles. The highest BCUT2D eigenvalue weighted by Gasteiger charge is 2.20. The molecule has 0 atom stereocenters. The van der Waals surface area contributed by atoms with Crippen LogP contribution in [0.1, 0.15) is 0 Å². The van der Waals surface area contributed by atoms with Gasteiger partial charge in [0.25, 0.3) is 0 Å². The first-order chi connectivity index (χ1) is 24.8. The van der Waals surface area contributed by atoms with Gasteiger partial charge in [-0.1, -0.05) is 103 Å². The van der Waals surface area contributed by atoms with Gasteiger partial charge in [-0.05, 0) is 76.5 Å². The first kappa shape index (κ1) is 26.6. The Labute approximate surface area is 290 Å². The summed E-state index contributed by atoms with van der Waals surface area (Å²) in [5, 5.41) is 14.0. The number of hydrogen-bond acceptors (Lipinski definition) is 2. The molecule has 0 unspecified atom stereocenters. The molecule has 4 heterocycles. The van der Waals surface area contributed by atoms with Crippen LogP contribution in [0.4, 0.5) is 0 Å². The van der Waals surface area contributed by atoms with Crippen molar-refractivity contribution in [2.75, 3.05) is 0 Å². The second kappa shape index (κ2) is 9.66. The highest BCUT2D eigenvalue weighted by atomic mass is 32.1. The van der Waals surface area contributed by atoms with Gasteiger partial charge in [0.1, 0.15) is 0 Å². The second-order valence-electron chi connectivity index (χ2n) is 13.5. The highest BCUT2D eigenvalue weighted by Crippen LogP contribution is 2.46. The minimum absolute atomic E-state index is 1.02. The fraction of sp³-hybridized carbons (Fsp3) is 0. The van der Waals surface area contributed by atoms with Gasteiger partial charge in [-0.3, -0.25) is 0 Å². The number of nitrogens with zero attached hydrogens (tertiary/aromatic N) is 2. The second-order valence-corrected chi connectivity index (χ2v) is 14.6. The Balaban J connectivity index is 1.17. The van der Waals surface area contributed by atoms with Crippen molar-refractivity contribution in [3.63, 3.8) is 0 Å². The summed E-state index contributed by atoms with van der Waals surface area (Å²) in [6.07, 6.45) is 0. The van der Waals surface area contributed by atoms with Crippen molar-refractivity contribution in [3.05, 3.63) is 158 Å². The van der Waals surface area contributed by atoms with Gasteiger partial charge in [0.15, 0.2) is 0 Å². The van der Waals surface area contributed by atoms with Crippen LogP contribution in [-0.2, 0) is 0 Å². The molecule has 3 heteroatoms. The molecule has 12 aromatic rings. The van der Waals surface area contributed by atoms with E-state index < -0.39 is 0 Å². The quantitative estimate of drug-likeness (QED) is 0.170. The number of aromatic nitrogens is 2. The van der Waals surface area contributed by atoms with Crippen molar-refractivity contribution in [1.29, 1.82) is 0 Å². The van der Waals surface area contributed by atoms with Gasteiger partial charge in [-0.15, -0.1) is 11.3 Å². The first-order valence-electron chi connectivity index (χ1n) is 17.1. The third-order valence-electron chi connectivity index (χ3n) is 10.9. The van der Waals surface area contributed by atoms with Crippen molar-refractivity contribution in [2.45, 2.75) is 0 Å². The van der Waals surface area contributed by atoms with Gasteiger partial charge in [0, 0.05) is 63.4 Å². The average Bonchev–Trinajstić information content (AvgIpc) is 3.83. The normalized spacial score (nSPS) is 12.4. The molecule has 0 saturated heterocycles. The summed E-state index contributed by atoms with van der Waals surface area (Å²) in [6, 6.07) is 58.1. The maximum atomic E-state index is 5.31. The molecule has 0 fully saturated rings. The summed E-state index contributed by atoms with van der Waals surface area (Å²) >= 11 is 1.88. The van der Waals surface area contributed by atoms with E-state index >= 15 is 0 Å². The van der Waals surface area contributed by atoms with E-state index in [0.29, 0.717) is 0 Å². The molecule has 2 nitrogen and oxygen atoms in total. The molecule has 0 aliphatic heterocycles. The maximum Gasteiger partial charge on any atom is 0.0788 e. The molecule has 0 bridgehead atoms. The van der Waals surface area contributed by atoms with Crippen molar-refractivity contribution in [1.82, 2.24) is 9.38 Å². The van der Waals surface area contributed by atoms with Crippen LogP contribution in [-0.4, -0.2) is 9.38 Å². The van der Waals surface area contributed by atoms with Gasteiger partial charge >= 0.3 is 0 Å². The molecule has 0 aliphatic rings. The predicted molar refractivity (Wildman–Crippen MR) is 215 cm³/mol. The molecule has 8 aromatic carbocycles. The Bertz CT molecular complexity index is 3300. The third-order valence-corrected chi connectivity index (χ3v) is 12.0. The summed E-state index contributed by atoms with van der Waals surface area (Å²) in [5.74, 6) is 0. The number of fused-ring (bicyclic) bond motifs is 14. The topological polar surface area (TPSA) is 17.3 Å². The van der Waals surface area contributed by atoms with Gasteiger partial charge in [0.2, 0.25) is 0 Å². The van der Waals surface area contributed by atoms with E-state index in [9.17, 15) is 0 Å². The summed E-state index contributed by atoms with van der Waals surface area (Å²) < 4.78 is 5.06. The largest absolute Gasteiger partial charge is 0.308 e. The van der Waals surface area contributed by atoms with Crippen molar-refractivity contribution in [3.8, 4) is 22.4 Å². The SMILES string of the molecule is c1ccc2cc(-c3nc4ccccc4c4c3ccc3sc5ccc(-c6cc7c8ccccc8n8c9ccccc9c(c6)c78)cc5c34)ccc2c1. The van der Waals surface area contributed by atoms with Crippen LogP contribution in [0.25, 0.3) is 113 Å². The lowest BCUT2D eigenvalue weighted by Gasteiger charge is -2.12. The van der Waals surface area contributed by atoms with Crippen molar-refractivity contribution >= 4 is 102 Å². The molecular weight excluding hydrogens is 625 g/mol. The molecule has 230 valence electrons. The summed E-state index contributed by atoms with van der Waals surface area (Å²) in [5.41, 5.74) is 9.52. The summed E-state index contributed by atoms with van der Waals surface area (Å²) in [7, 11) is 0. The third kappa shape index (κ3) is 3.49. The highest BCUT2D eigenvalue weighted by molar-refractivity contribution is 7.26. The first-order valence-corrected chi connectivity index (χ1v) is 17.9. The minimum Gasteiger partial charge on any atom is -0.308 e. The van der Waals surface area contributed by atoms with Crippen LogP contribution in [0.3, 0.4) is 0 Å². The standard InChI is InChI=1S/C47H26N2S/c1-2-10-28-23-30(18-17-27(28)9-1)46-35-20-22-43-45(44(35)34-13-3-6-14-39(34)48-46)38-24-29(19-21-42(38)50-43)31-25-36-32-11-4-7-15-40(32)49-41-16-8-5-12-33(41)37(26-31)47(36)49/h1-26H. The smallest absolute Gasteiger partial charge is 0.0788 e. The fourth-order valence-corrected chi connectivity index (χ4v) is 9.76. The predicted octanol–water partition coefficient (Wildman–Crippen LogP) is 13.4. The zero-order valence-corrected chi connectivity index (χ0v) is 27.6. The number of pyridine rings is 1.